The highest BCUT2D eigenvalue weighted by atomic mass is 15.3. The molecule has 1 aliphatic heterocycles. The van der Waals surface area contributed by atoms with Crippen LogP contribution < -0.4 is 4.90 Å². The normalized spacial score (nSPS) is 27.3. The molecule has 2 aromatic heterocycles. The van der Waals surface area contributed by atoms with Gasteiger partial charge in [-0.3, -0.25) is 14.6 Å². The van der Waals surface area contributed by atoms with Crippen LogP contribution in [-0.4, -0.2) is 50.8 Å². The van der Waals surface area contributed by atoms with Gasteiger partial charge in [0, 0.05) is 63.9 Å². The van der Waals surface area contributed by atoms with E-state index in [2.05, 4.69) is 38.1 Å². The zero-order valence-corrected chi connectivity index (χ0v) is 13.8. The molecule has 6 nitrogen and oxygen atoms in total. The van der Waals surface area contributed by atoms with Crippen LogP contribution in [0, 0.1) is 11.8 Å². The van der Waals surface area contributed by atoms with E-state index in [1.807, 2.05) is 24.1 Å². The third-order valence-electron chi connectivity index (χ3n) is 5.47. The predicted molar refractivity (Wildman–Crippen MR) is 88.9 cm³/mol. The Balaban J connectivity index is 1.43. The van der Waals surface area contributed by atoms with Crippen molar-refractivity contribution < 1.29 is 0 Å². The quantitative estimate of drug-likeness (QED) is 0.857. The van der Waals surface area contributed by atoms with E-state index in [9.17, 15) is 0 Å². The first-order valence-corrected chi connectivity index (χ1v) is 8.39. The molecule has 2 aromatic rings. The maximum Gasteiger partial charge on any atom is 0.147 e. The summed E-state index contributed by atoms with van der Waals surface area (Å²) < 4.78 is 1.89. The molecule has 0 radical (unpaired) electrons. The van der Waals surface area contributed by atoms with Gasteiger partial charge in [-0.1, -0.05) is 0 Å². The monoisotopic (exact) mass is 312 g/mol. The number of aryl methyl sites for hydroxylation is 1. The molecule has 6 heteroatoms. The molecule has 0 bridgehead atoms. The van der Waals surface area contributed by atoms with Crippen LogP contribution in [0.1, 0.15) is 18.4 Å². The first-order chi connectivity index (χ1) is 11.2. The summed E-state index contributed by atoms with van der Waals surface area (Å²) in [6, 6.07) is 0.579. The van der Waals surface area contributed by atoms with Crippen molar-refractivity contribution in [1.82, 2.24) is 24.6 Å². The van der Waals surface area contributed by atoms with Crippen molar-refractivity contribution in [2.75, 3.05) is 25.0 Å². The first-order valence-electron chi connectivity index (χ1n) is 8.39. The van der Waals surface area contributed by atoms with E-state index in [0.29, 0.717) is 6.04 Å². The molecule has 0 N–H and O–H groups in total. The highest BCUT2D eigenvalue weighted by Gasteiger charge is 2.44. The summed E-state index contributed by atoms with van der Waals surface area (Å²) in [5.74, 6) is 2.54. The number of nitrogens with zero attached hydrogens (tertiary/aromatic N) is 6. The van der Waals surface area contributed by atoms with Gasteiger partial charge in [0.05, 0.1) is 12.4 Å². The van der Waals surface area contributed by atoms with Gasteiger partial charge in [0.1, 0.15) is 5.82 Å². The molecule has 2 fully saturated rings. The minimum absolute atomic E-state index is 0.579. The summed E-state index contributed by atoms with van der Waals surface area (Å²) in [6.07, 6.45) is 12.1. The molecule has 3 heterocycles. The Hall–Kier alpha value is -1.95. The molecular weight excluding hydrogens is 288 g/mol. The molecular formula is C17H24N6. The smallest absolute Gasteiger partial charge is 0.147 e. The maximum absolute atomic E-state index is 4.47. The number of hydrogen-bond donors (Lipinski definition) is 0. The van der Waals surface area contributed by atoms with Crippen molar-refractivity contribution in [3.05, 3.63) is 36.5 Å². The molecule has 23 heavy (non-hydrogen) atoms. The Morgan fingerprint density at radius 3 is 2.87 bits per heavy atom. The Morgan fingerprint density at radius 1 is 1.22 bits per heavy atom. The second kappa shape index (κ2) is 5.92. The Morgan fingerprint density at radius 2 is 2.13 bits per heavy atom. The number of aromatic nitrogens is 4. The molecule has 0 aromatic carbocycles. The van der Waals surface area contributed by atoms with Crippen LogP contribution in [0.25, 0.3) is 0 Å². The van der Waals surface area contributed by atoms with Crippen molar-refractivity contribution in [3.8, 4) is 0 Å². The highest BCUT2D eigenvalue weighted by molar-refractivity contribution is 5.36. The Labute approximate surface area is 137 Å². The van der Waals surface area contributed by atoms with E-state index in [1.54, 1.807) is 12.4 Å². The van der Waals surface area contributed by atoms with Crippen molar-refractivity contribution in [2.45, 2.75) is 25.4 Å². The first kappa shape index (κ1) is 14.6. The zero-order chi connectivity index (χ0) is 15.8. The number of hydrogen-bond acceptors (Lipinski definition) is 5. The van der Waals surface area contributed by atoms with E-state index in [0.717, 1.165) is 24.2 Å². The molecule has 0 unspecified atom stereocenters. The third-order valence-corrected chi connectivity index (χ3v) is 5.47. The van der Waals surface area contributed by atoms with Gasteiger partial charge in [-0.2, -0.15) is 5.10 Å². The van der Waals surface area contributed by atoms with E-state index in [1.165, 1.54) is 31.5 Å². The van der Waals surface area contributed by atoms with Crippen LogP contribution in [0.15, 0.2) is 31.0 Å². The van der Waals surface area contributed by atoms with Crippen molar-refractivity contribution in [2.24, 2.45) is 18.9 Å². The summed E-state index contributed by atoms with van der Waals surface area (Å²) in [5.41, 5.74) is 1.31. The zero-order valence-electron chi connectivity index (χ0n) is 13.8. The molecule has 4 rings (SSSR count). The molecule has 3 atom stereocenters. The van der Waals surface area contributed by atoms with Crippen LogP contribution in [0.3, 0.4) is 0 Å². The van der Waals surface area contributed by atoms with Gasteiger partial charge in [0.15, 0.2) is 0 Å². The van der Waals surface area contributed by atoms with E-state index >= 15 is 0 Å². The Bertz CT molecular complexity index is 654. The molecule has 122 valence electrons. The van der Waals surface area contributed by atoms with Gasteiger partial charge in [-0.15, -0.1) is 0 Å². The van der Waals surface area contributed by atoms with Gasteiger partial charge < -0.3 is 4.90 Å². The summed E-state index contributed by atoms with van der Waals surface area (Å²) in [7, 11) is 4.15. The fourth-order valence-corrected chi connectivity index (χ4v) is 4.39. The lowest BCUT2D eigenvalue weighted by molar-refractivity contribution is 0.297. The van der Waals surface area contributed by atoms with Crippen molar-refractivity contribution >= 4 is 5.82 Å². The second-order valence-corrected chi connectivity index (χ2v) is 6.96. The van der Waals surface area contributed by atoms with Crippen LogP contribution in [0.5, 0.6) is 0 Å². The second-order valence-electron chi connectivity index (χ2n) is 6.96. The number of rotatable bonds is 4. The number of fused-ring (bicyclic) bond motifs is 1. The fourth-order valence-electron chi connectivity index (χ4n) is 4.39. The lowest BCUT2D eigenvalue weighted by Crippen LogP contribution is -2.38. The molecule has 1 aliphatic carbocycles. The van der Waals surface area contributed by atoms with Crippen LogP contribution >= 0.6 is 0 Å². The average Bonchev–Trinajstić information content (AvgIpc) is 3.24. The van der Waals surface area contributed by atoms with Crippen molar-refractivity contribution in [1.29, 1.82) is 0 Å². The third kappa shape index (κ3) is 2.83. The molecule has 1 saturated carbocycles. The van der Waals surface area contributed by atoms with E-state index in [4.69, 9.17) is 0 Å². The van der Waals surface area contributed by atoms with Crippen LogP contribution in [0.4, 0.5) is 5.82 Å². The summed E-state index contributed by atoms with van der Waals surface area (Å²) in [4.78, 5) is 13.6. The van der Waals surface area contributed by atoms with Crippen LogP contribution in [0.2, 0.25) is 0 Å². The van der Waals surface area contributed by atoms with Gasteiger partial charge >= 0.3 is 0 Å². The summed E-state index contributed by atoms with van der Waals surface area (Å²) in [5, 5.41) is 4.28. The largest absolute Gasteiger partial charge is 0.355 e. The number of likely N-dealkylation sites (tertiary alicyclic amines) is 1. The lowest BCUT2D eigenvalue weighted by Gasteiger charge is -2.30. The van der Waals surface area contributed by atoms with E-state index in [-0.39, 0.29) is 0 Å². The van der Waals surface area contributed by atoms with Gasteiger partial charge in [0.2, 0.25) is 0 Å². The standard InChI is InChI=1S/C17H24N6/c1-21-9-13(7-20-21)10-23-11-14-3-4-16(15(14)12-23)22(2)17-8-18-5-6-19-17/h5-9,14-16H,3-4,10-12H2,1-2H3/t14-,15+,16-/m1/s1. The predicted octanol–water partition coefficient (Wildman–Crippen LogP) is 1.56. The van der Waals surface area contributed by atoms with Crippen LogP contribution in [-0.2, 0) is 13.6 Å². The molecule has 2 aliphatic rings. The average molecular weight is 312 g/mol. The minimum atomic E-state index is 0.579. The van der Waals surface area contributed by atoms with Gasteiger partial charge in [-0.25, -0.2) is 4.98 Å². The molecule has 0 amide bonds. The topological polar surface area (TPSA) is 50.1 Å². The SMILES string of the molecule is CN(c1cnccn1)[C@@H]1CC[C@@H]2CN(Cc3cnn(C)c3)C[C@@H]21. The fraction of sp³-hybridized carbons (Fsp3) is 0.588. The highest BCUT2D eigenvalue weighted by Crippen LogP contribution is 2.41. The summed E-state index contributed by atoms with van der Waals surface area (Å²) >= 11 is 0. The molecule has 0 spiro atoms. The Kier molecular flexibility index (Phi) is 3.77. The maximum atomic E-state index is 4.47. The molecule has 1 saturated heterocycles. The summed E-state index contributed by atoms with van der Waals surface area (Å²) in [6.45, 7) is 3.40. The van der Waals surface area contributed by atoms with Crippen molar-refractivity contribution in [3.63, 3.8) is 0 Å². The number of anilines is 1. The van der Waals surface area contributed by atoms with Gasteiger partial charge in [0.25, 0.3) is 0 Å². The minimum Gasteiger partial charge on any atom is -0.355 e. The lowest BCUT2D eigenvalue weighted by atomic mass is 9.97. The van der Waals surface area contributed by atoms with E-state index < -0.39 is 0 Å². The van der Waals surface area contributed by atoms with Gasteiger partial charge in [-0.05, 0) is 24.7 Å².